The summed E-state index contributed by atoms with van der Waals surface area (Å²) < 4.78 is 75.5. The van der Waals surface area contributed by atoms with Gasteiger partial charge in [-0.2, -0.15) is 26.3 Å². The highest BCUT2D eigenvalue weighted by molar-refractivity contribution is 5.08. The van der Waals surface area contributed by atoms with E-state index in [9.17, 15) is 26.3 Å². The summed E-state index contributed by atoms with van der Waals surface area (Å²) in [6.07, 6.45) is -5.71. The second-order valence-corrected chi connectivity index (χ2v) is 3.90. The average molecular weight is 260 g/mol. The van der Waals surface area contributed by atoms with Gasteiger partial charge in [-0.25, -0.2) is 0 Å². The van der Waals surface area contributed by atoms with Crippen LogP contribution in [0.25, 0.3) is 0 Å². The first-order valence-corrected chi connectivity index (χ1v) is 4.91. The van der Waals surface area contributed by atoms with E-state index in [-0.39, 0.29) is 6.92 Å². The largest absolute Gasteiger partial charge is 0.403 e. The molecule has 0 saturated heterocycles. The molecule has 0 aromatic heterocycles. The maximum Gasteiger partial charge on any atom is 0.403 e. The Balaban J connectivity index is 5.36. The number of halogens is 6. The van der Waals surface area contributed by atoms with Crippen LogP contribution in [0, 0.1) is 11.3 Å². The van der Waals surface area contributed by atoms with Crippen LogP contribution >= 0.6 is 0 Å². The van der Waals surface area contributed by atoms with Crippen LogP contribution in [0.3, 0.4) is 0 Å². The van der Waals surface area contributed by atoms with E-state index in [0.717, 1.165) is 13.0 Å². The third-order valence-corrected chi connectivity index (χ3v) is 2.79. The van der Waals surface area contributed by atoms with Crippen LogP contribution in [0.5, 0.6) is 0 Å². The van der Waals surface area contributed by atoms with Crippen LogP contribution in [0.2, 0.25) is 0 Å². The SMILES string of the molecule is CC=CC=CC(C)C(C)(C(F)(F)F)C(F)(F)F. The smallest absolute Gasteiger partial charge is 0.170 e. The summed E-state index contributed by atoms with van der Waals surface area (Å²) in [5, 5.41) is 0. The number of hydrogen-bond donors (Lipinski definition) is 0. The molecule has 0 heterocycles. The highest BCUT2D eigenvalue weighted by atomic mass is 19.4. The fourth-order valence-corrected chi connectivity index (χ4v) is 1.21. The summed E-state index contributed by atoms with van der Waals surface area (Å²) in [4.78, 5) is 0. The van der Waals surface area contributed by atoms with Crippen molar-refractivity contribution in [3.63, 3.8) is 0 Å². The Labute approximate surface area is 96.0 Å². The van der Waals surface area contributed by atoms with Gasteiger partial charge >= 0.3 is 12.4 Å². The summed E-state index contributed by atoms with van der Waals surface area (Å²) in [6, 6.07) is 0. The summed E-state index contributed by atoms with van der Waals surface area (Å²) in [5.41, 5.74) is -3.74. The Kier molecular flexibility index (Phi) is 4.86. The van der Waals surface area contributed by atoms with E-state index < -0.39 is 23.7 Å². The van der Waals surface area contributed by atoms with E-state index in [4.69, 9.17) is 0 Å². The van der Waals surface area contributed by atoms with Gasteiger partial charge in [-0.05, 0) is 19.8 Å². The summed E-state index contributed by atoms with van der Waals surface area (Å²) in [6.45, 7) is 2.69. The Morgan fingerprint density at radius 3 is 1.59 bits per heavy atom. The highest BCUT2D eigenvalue weighted by Gasteiger charge is 2.69. The molecule has 6 heteroatoms. The molecule has 0 rings (SSSR count). The van der Waals surface area contributed by atoms with Crippen molar-refractivity contribution in [3.8, 4) is 0 Å². The standard InChI is InChI=1S/C11H14F6/c1-4-5-6-7-8(2)9(3,10(12,13)14)11(15,16)17/h4-8H,1-3H3. The average Bonchev–Trinajstić information content (AvgIpc) is 2.13. The normalized spacial score (nSPS) is 17.0. The fraction of sp³-hybridized carbons (Fsp3) is 0.636. The molecule has 0 amide bonds. The molecule has 0 fully saturated rings. The molecule has 17 heavy (non-hydrogen) atoms. The Morgan fingerprint density at radius 2 is 1.29 bits per heavy atom. The van der Waals surface area contributed by atoms with Gasteiger partial charge in [-0.3, -0.25) is 0 Å². The van der Waals surface area contributed by atoms with Gasteiger partial charge in [0.1, 0.15) is 0 Å². The lowest BCUT2D eigenvalue weighted by atomic mass is 9.76. The van der Waals surface area contributed by atoms with Crippen molar-refractivity contribution < 1.29 is 26.3 Å². The van der Waals surface area contributed by atoms with Crippen molar-refractivity contribution in [1.82, 2.24) is 0 Å². The number of allylic oxidation sites excluding steroid dienone is 4. The minimum absolute atomic E-state index is 0.178. The van der Waals surface area contributed by atoms with E-state index in [1.807, 2.05) is 0 Å². The molecule has 0 aliphatic rings. The minimum Gasteiger partial charge on any atom is -0.170 e. The van der Waals surface area contributed by atoms with Gasteiger partial charge in [-0.1, -0.05) is 31.2 Å². The van der Waals surface area contributed by atoms with E-state index in [0.29, 0.717) is 0 Å². The Bertz CT molecular complexity index is 280. The van der Waals surface area contributed by atoms with Crippen LogP contribution in [-0.4, -0.2) is 12.4 Å². The van der Waals surface area contributed by atoms with Crippen LogP contribution < -0.4 is 0 Å². The topological polar surface area (TPSA) is 0 Å². The van der Waals surface area contributed by atoms with Gasteiger partial charge in [0.2, 0.25) is 0 Å². The molecule has 0 aliphatic heterocycles. The molecular formula is C11H14F6. The van der Waals surface area contributed by atoms with Crippen molar-refractivity contribution in [2.45, 2.75) is 33.1 Å². The lowest BCUT2D eigenvalue weighted by Crippen LogP contribution is -2.51. The second kappa shape index (κ2) is 5.14. The third kappa shape index (κ3) is 3.26. The molecule has 0 radical (unpaired) electrons. The van der Waals surface area contributed by atoms with Gasteiger partial charge in [0.15, 0.2) is 5.41 Å². The summed E-state index contributed by atoms with van der Waals surface area (Å²) in [7, 11) is 0. The Morgan fingerprint density at radius 1 is 0.882 bits per heavy atom. The monoisotopic (exact) mass is 260 g/mol. The first-order valence-electron chi connectivity index (χ1n) is 4.91. The van der Waals surface area contributed by atoms with Gasteiger partial charge in [0.25, 0.3) is 0 Å². The molecule has 1 atom stereocenters. The van der Waals surface area contributed by atoms with Crippen molar-refractivity contribution in [1.29, 1.82) is 0 Å². The third-order valence-electron chi connectivity index (χ3n) is 2.79. The first-order chi connectivity index (χ1) is 7.48. The maximum atomic E-state index is 12.6. The molecule has 0 N–H and O–H groups in total. The van der Waals surface area contributed by atoms with Crippen LogP contribution in [0.15, 0.2) is 24.3 Å². The molecule has 0 aromatic carbocycles. The molecule has 0 aliphatic carbocycles. The molecule has 0 spiro atoms. The van der Waals surface area contributed by atoms with Gasteiger partial charge < -0.3 is 0 Å². The zero-order valence-corrected chi connectivity index (χ0v) is 9.65. The van der Waals surface area contributed by atoms with Crippen LogP contribution in [0.1, 0.15) is 20.8 Å². The van der Waals surface area contributed by atoms with Gasteiger partial charge in [0, 0.05) is 0 Å². The summed E-state index contributed by atoms with van der Waals surface area (Å²) >= 11 is 0. The number of rotatable bonds is 3. The first kappa shape index (κ1) is 16.1. The second-order valence-electron chi connectivity index (χ2n) is 3.90. The zero-order chi connectivity index (χ0) is 13.9. The van der Waals surface area contributed by atoms with Gasteiger partial charge in [0.05, 0.1) is 0 Å². The van der Waals surface area contributed by atoms with Crippen molar-refractivity contribution in [3.05, 3.63) is 24.3 Å². The van der Waals surface area contributed by atoms with Crippen LogP contribution in [0.4, 0.5) is 26.3 Å². The molecule has 0 aromatic rings. The zero-order valence-electron chi connectivity index (χ0n) is 9.65. The number of alkyl halides is 6. The highest BCUT2D eigenvalue weighted by Crippen LogP contribution is 2.54. The van der Waals surface area contributed by atoms with Crippen molar-refractivity contribution in [2.24, 2.45) is 11.3 Å². The lowest BCUT2D eigenvalue weighted by molar-refractivity contribution is -0.345. The Hall–Kier alpha value is -0.940. The van der Waals surface area contributed by atoms with Crippen LogP contribution in [-0.2, 0) is 0 Å². The lowest BCUT2D eigenvalue weighted by Gasteiger charge is -2.37. The predicted octanol–water partition coefficient (Wildman–Crippen LogP) is 4.89. The van der Waals surface area contributed by atoms with E-state index in [2.05, 4.69) is 0 Å². The summed E-state index contributed by atoms with van der Waals surface area (Å²) in [5.74, 6) is -1.70. The maximum absolute atomic E-state index is 12.6. The molecule has 0 bridgehead atoms. The van der Waals surface area contributed by atoms with Gasteiger partial charge in [-0.15, -0.1) is 0 Å². The predicted molar refractivity (Wildman–Crippen MR) is 53.3 cm³/mol. The quantitative estimate of drug-likeness (QED) is 0.501. The fourth-order valence-electron chi connectivity index (χ4n) is 1.21. The van der Waals surface area contributed by atoms with Crippen molar-refractivity contribution in [2.75, 3.05) is 0 Å². The van der Waals surface area contributed by atoms with E-state index in [1.165, 1.54) is 18.2 Å². The van der Waals surface area contributed by atoms with E-state index in [1.54, 1.807) is 6.92 Å². The molecule has 0 nitrogen and oxygen atoms in total. The van der Waals surface area contributed by atoms with Crippen molar-refractivity contribution >= 4 is 0 Å². The van der Waals surface area contributed by atoms with E-state index >= 15 is 0 Å². The molecule has 100 valence electrons. The number of hydrogen-bond acceptors (Lipinski definition) is 0. The molecule has 1 unspecified atom stereocenters. The minimum atomic E-state index is -5.34. The molecular weight excluding hydrogens is 246 g/mol. The molecule has 0 saturated carbocycles.